The Labute approximate surface area is 189 Å². The Kier molecular flexibility index (Phi) is 7.75. The van der Waals surface area contributed by atoms with Gasteiger partial charge in [0.05, 0.1) is 11.7 Å². The highest BCUT2D eigenvalue weighted by molar-refractivity contribution is 8.00. The molecule has 0 aliphatic rings. The number of aromatic nitrogens is 5. The minimum Gasteiger partial charge on any atom is -0.326 e. The largest absolute Gasteiger partial charge is 0.326 e. The van der Waals surface area contributed by atoms with Crippen LogP contribution < -0.4 is 10.6 Å². The number of carbonyl (C=O) groups excluding carboxylic acids is 2. The number of aryl methyl sites for hydroxylation is 2. The van der Waals surface area contributed by atoms with Gasteiger partial charge in [0.1, 0.15) is 10.8 Å². The number of thioether (sulfide) groups is 1. The average molecular weight is 460 g/mol. The first kappa shape index (κ1) is 22.9. The van der Waals surface area contributed by atoms with Gasteiger partial charge in [-0.15, -0.1) is 20.4 Å². The second-order valence-corrected chi connectivity index (χ2v) is 9.21. The van der Waals surface area contributed by atoms with E-state index in [9.17, 15) is 9.59 Å². The molecule has 0 spiro atoms. The van der Waals surface area contributed by atoms with Gasteiger partial charge in [-0.25, -0.2) is 0 Å². The molecule has 0 bridgehead atoms. The van der Waals surface area contributed by atoms with E-state index < -0.39 is 5.25 Å². The van der Waals surface area contributed by atoms with E-state index in [1.54, 1.807) is 6.92 Å². The van der Waals surface area contributed by atoms with Crippen LogP contribution in [0.4, 0.5) is 10.8 Å². The molecule has 31 heavy (non-hydrogen) atoms. The molecule has 0 fully saturated rings. The third kappa shape index (κ3) is 6.11. The lowest BCUT2D eigenvalue weighted by Crippen LogP contribution is -2.23. The highest BCUT2D eigenvalue weighted by Crippen LogP contribution is 2.24. The quantitative estimate of drug-likeness (QED) is 0.472. The van der Waals surface area contributed by atoms with E-state index in [1.807, 2.05) is 49.6 Å². The highest BCUT2D eigenvalue weighted by Gasteiger charge is 2.21. The monoisotopic (exact) mass is 459 g/mol. The van der Waals surface area contributed by atoms with Crippen molar-refractivity contribution in [3.05, 3.63) is 40.7 Å². The first-order valence-electron chi connectivity index (χ1n) is 9.98. The van der Waals surface area contributed by atoms with E-state index >= 15 is 0 Å². The Morgan fingerprint density at radius 2 is 1.84 bits per heavy atom. The minimum atomic E-state index is -0.419. The number of hydrogen-bond donors (Lipinski definition) is 2. The highest BCUT2D eigenvalue weighted by atomic mass is 32.2. The molecular weight excluding hydrogens is 434 g/mol. The van der Waals surface area contributed by atoms with Crippen molar-refractivity contribution < 1.29 is 9.59 Å². The third-order valence-electron chi connectivity index (χ3n) is 4.41. The summed E-state index contributed by atoms with van der Waals surface area (Å²) in [6.45, 7) is 8.31. The van der Waals surface area contributed by atoms with Crippen LogP contribution in [-0.4, -0.2) is 42.0 Å². The van der Waals surface area contributed by atoms with Crippen LogP contribution in [0.3, 0.4) is 0 Å². The number of anilines is 2. The van der Waals surface area contributed by atoms with Gasteiger partial charge in [0.2, 0.25) is 16.9 Å². The standard InChI is InChI=1S/C20H25N7O2S2/c1-5-17-24-25-19(31-17)22-18(29)13(4)30-20-26-23-15(27(20)6-2)11-16(28)21-14-9-7-12(3)8-10-14/h7-10,13H,5-6,11H2,1-4H3,(H,21,28)(H,22,25,29). The van der Waals surface area contributed by atoms with E-state index in [1.165, 1.54) is 23.1 Å². The lowest BCUT2D eigenvalue weighted by Gasteiger charge is -2.11. The Morgan fingerprint density at radius 3 is 2.48 bits per heavy atom. The number of rotatable bonds is 9. The maximum atomic E-state index is 12.5. The molecule has 0 saturated carbocycles. The summed E-state index contributed by atoms with van der Waals surface area (Å²) < 4.78 is 1.85. The molecule has 1 atom stereocenters. The first-order valence-corrected chi connectivity index (χ1v) is 11.7. The molecule has 0 aliphatic heterocycles. The zero-order chi connectivity index (χ0) is 22.4. The predicted octanol–water partition coefficient (Wildman–Crippen LogP) is 3.32. The summed E-state index contributed by atoms with van der Waals surface area (Å²) in [4.78, 5) is 24.9. The van der Waals surface area contributed by atoms with Crippen LogP contribution in [0.1, 0.15) is 37.2 Å². The molecule has 0 saturated heterocycles. The lowest BCUT2D eigenvalue weighted by atomic mass is 10.2. The molecule has 164 valence electrons. The van der Waals surface area contributed by atoms with Crippen molar-refractivity contribution in [2.24, 2.45) is 0 Å². The third-order valence-corrected chi connectivity index (χ3v) is 6.48. The maximum absolute atomic E-state index is 12.5. The maximum Gasteiger partial charge on any atom is 0.239 e. The fourth-order valence-corrected chi connectivity index (χ4v) is 4.32. The fourth-order valence-electron chi connectivity index (χ4n) is 2.71. The zero-order valence-corrected chi connectivity index (χ0v) is 19.5. The Bertz CT molecular complexity index is 1050. The van der Waals surface area contributed by atoms with Gasteiger partial charge in [-0.2, -0.15) is 0 Å². The van der Waals surface area contributed by atoms with Crippen LogP contribution in [-0.2, 0) is 29.0 Å². The van der Waals surface area contributed by atoms with Crippen LogP contribution in [0.5, 0.6) is 0 Å². The molecule has 1 aromatic carbocycles. The van der Waals surface area contributed by atoms with Gasteiger partial charge < -0.3 is 9.88 Å². The predicted molar refractivity (Wildman–Crippen MR) is 122 cm³/mol. The molecule has 2 heterocycles. The summed E-state index contributed by atoms with van der Waals surface area (Å²) >= 11 is 2.65. The summed E-state index contributed by atoms with van der Waals surface area (Å²) in [5, 5.41) is 23.5. The van der Waals surface area contributed by atoms with Crippen LogP contribution in [0.15, 0.2) is 29.4 Å². The molecule has 2 aromatic heterocycles. The van der Waals surface area contributed by atoms with E-state index in [2.05, 4.69) is 31.0 Å². The van der Waals surface area contributed by atoms with Crippen LogP contribution in [0.2, 0.25) is 0 Å². The molecule has 0 aliphatic carbocycles. The van der Waals surface area contributed by atoms with Crippen LogP contribution in [0.25, 0.3) is 0 Å². The molecule has 1 unspecified atom stereocenters. The average Bonchev–Trinajstić information content (AvgIpc) is 3.36. The summed E-state index contributed by atoms with van der Waals surface area (Å²) in [6.07, 6.45) is 0.873. The lowest BCUT2D eigenvalue weighted by molar-refractivity contribution is -0.116. The Balaban J connectivity index is 1.61. The molecule has 2 amide bonds. The number of hydrogen-bond acceptors (Lipinski definition) is 8. The van der Waals surface area contributed by atoms with Crippen molar-refractivity contribution in [2.45, 2.75) is 57.5 Å². The molecular formula is C20H25N7O2S2. The second kappa shape index (κ2) is 10.5. The van der Waals surface area contributed by atoms with Crippen molar-refractivity contribution in [1.82, 2.24) is 25.0 Å². The molecule has 2 N–H and O–H groups in total. The normalized spacial score (nSPS) is 11.9. The minimum absolute atomic E-state index is 0.0977. The summed E-state index contributed by atoms with van der Waals surface area (Å²) in [5.74, 6) is 0.198. The number of benzene rings is 1. The van der Waals surface area contributed by atoms with Gasteiger partial charge in [0.15, 0.2) is 5.16 Å². The van der Waals surface area contributed by atoms with Crippen LogP contribution in [0, 0.1) is 6.92 Å². The number of nitrogens with zero attached hydrogens (tertiary/aromatic N) is 5. The van der Waals surface area contributed by atoms with Crippen molar-refractivity contribution in [2.75, 3.05) is 10.6 Å². The van der Waals surface area contributed by atoms with Gasteiger partial charge in [-0.3, -0.25) is 14.9 Å². The molecule has 3 aromatic rings. The van der Waals surface area contributed by atoms with Gasteiger partial charge in [0, 0.05) is 12.2 Å². The zero-order valence-electron chi connectivity index (χ0n) is 17.9. The Morgan fingerprint density at radius 1 is 1.10 bits per heavy atom. The van der Waals surface area contributed by atoms with E-state index in [0.717, 1.165) is 22.7 Å². The fraction of sp³-hybridized carbons (Fsp3) is 0.400. The molecule has 3 rings (SSSR count). The smallest absolute Gasteiger partial charge is 0.239 e. The molecule has 0 radical (unpaired) electrons. The summed E-state index contributed by atoms with van der Waals surface area (Å²) in [7, 11) is 0. The van der Waals surface area contributed by atoms with E-state index in [4.69, 9.17) is 0 Å². The van der Waals surface area contributed by atoms with Gasteiger partial charge in [-0.05, 0) is 39.3 Å². The topological polar surface area (TPSA) is 115 Å². The summed E-state index contributed by atoms with van der Waals surface area (Å²) in [6, 6.07) is 7.61. The van der Waals surface area contributed by atoms with Crippen molar-refractivity contribution >= 4 is 45.7 Å². The van der Waals surface area contributed by atoms with E-state index in [-0.39, 0.29) is 18.2 Å². The Hall–Kier alpha value is -2.79. The van der Waals surface area contributed by atoms with E-state index in [0.29, 0.717) is 22.7 Å². The number of amides is 2. The SMILES string of the molecule is CCc1nnc(NC(=O)C(C)Sc2nnc(CC(=O)Nc3ccc(C)cc3)n2CC)s1. The van der Waals surface area contributed by atoms with Gasteiger partial charge >= 0.3 is 0 Å². The second-order valence-electron chi connectivity index (χ2n) is 6.84. The van der Waals surface area contributed by atoms with Crippen LogP contribution >= 0.6 is 23.1 Å². The van der Waals surface area contributed by atoms with Gasteiger partial charge in [0.25, 0.3) is 0 Å². The number of carbonyl (C=O) groups is 2. The van der Waals surface area contributed by atoms with Crippen molar-refractivity contribution in [1.29, 1.82) is 0 Å². The molecule has 11 heteroatoms. The number of nitrogens with one attached hydrogen (secondary N) is 2. The summed E-state index contributed by atoms with van der Waals surface area (Å²) in [5.41, 5.74) is 1.86. The van der Waals surface area contributed by atoms with Gasteiger partial charge in [-0.1, -0.05) is 47.7 Å². The first-order chi connectivity index (χ1) is 14.9. The van der Waals surface area contributed by atoms with Crippen molar-refractivity contribution in [3.8, 4) is 0 Å². The molecule has 9 nitrogen and oxygen atoms in total. The van der Waals surface area contributed by atoms with Crippen molar-refractivity contribution in [3.63, 3.8) is 0 Å².